The Labute approximate surface area is 194 Å². The summed E-state index contributed by atoms with van der Waals surface area (Å²) >= 11 is 1.58. The maximum absolute atomic E-state index is 13.5. The molecule has 31 heavy (non-hydrogen) atoms. The lowest BCUT2D eigenvalue weighted by Crippen LogP contribution is -2.52. The maximum Gasteiger partial charge on any atom is 0.223 e. The van der Waals surface area contributed by atoms with Crippen LogP contribution in [0.2, 0.25) is 0 Å². The van der Waals surface area contributed by atoms with Crippen LogP contribution >= 0.6 is 11.8 Å². The molecule has 0 aromatic rings. The number of fused-ring (bicyclic) bond motifs is 5. The lowest BCUT2D eigenvalue weighted by atomic mass is 9.50. The molecule has 1 N–H and O–H groups in total. The van der Waals surface area contributed by atoms with E-state index in [9.17, 15) is 9.59 Å². The van der Waals surface area contributed by atoms with Gasteiger partial charge in [0.25, 0.3) is 0 Å². The van der Waals surface area contributed by atoms with Gasteiger partial charge in [0.1, 0.15) is 0 Å². The van der Waals surface area contributed by atoms with Gasteiger partial charge in [-0.1, -0.05) is 58.9 Å². The van der Waals surface area contributed by atoms with Gasteiger partial charge in [0.15, 0.2) is 0 Å². The minimum Gasteiger partial charge on any atom is -0.350 e. The van der Waals surface area contributed by atoms with Crippen LogP contribution in [0.15, 0.2) is 12.2 Å². The topological polar surface area (TPSA) is 46.2 Å². The first-order valence-electron chi connectivity index (χ1n) is 12.9. The predicted octanol–water partition coefficient (Wildman–Crippen LogP) is 6.52. The third kappa shape index (κ3) is 3.93. The SMILES string of the molecule is CCCC(CC)(CC)NC(=O)[C@H]1C[C@H]2[C@@H]3CC[C@H]4SC(=O)C=C[C@]4(C)[C@H]3CC[C@]2(C)C1. The van der Waals surface area contributed by atoms with Crippen LogP contribution < -0.4 is 5.32 Å². The van der Waals surface area contributed by atoms with E-state index in [1.165, 1.54) is 19.3 Å². The Morgan fingerprint density at radius 2 is 1.90 bits per heavy atom. The molecule has 0 aromatic carbocycles. The summed E-state index contributed by atoms with van der Waals surface area (Å²) in [7, 11) is 0. The molecular weight excluding hydrogens is 402 g/mol. The Kier molecular flexibility index (Phi) is 6.44. The molecule has 0 saturated heterocycles. The first kappa shape index (κ1) is 23.4. The molecule has 1 aliphatic heterocycles. The fourth-order valence-corrected chi connectivity index (χ4v) is 9.33. The van der Waals surface area contributed by atoms with E-state index in [4.69, 9.17) is 0 Å². The van der Waals surface area contributed by atoms with Gasteiger partial charge in [0.2, 0.25) is 11.0 Å². The van der Waals surface area contributed by atoms with Gasteiger partial charge in [-0.3, -0.25) is 9.59 Å². The third-order valence-electron chi connectivity index (χ3n) is 10.1. The van der Waals surface area contributed by atoms with Gasteiger partial charge in [-0.05, 0) is 87.0 Å². The number of hydrogen-bond acceptors (Lipinski definition) is 3. The number of amides is 1. The molecule has 174 valence electrons. The van der Waals surface area contributed by atoms with Crippen LogP contribution in [0.1, 0.15) is 98.8 Å². The van der Waals surface area contributed by atoms with Gasteiger partial charge in [-0.2, -0.15) is 0 Å². The molecule has 3 fully saturated rings. The van der Waals surface area contributed by atoms with Crippen molar-refractivity contribution >= 4 is 22.8 Å². The van der Waals surface area contributed by atoms with Crippen LogP contribution in [0.4, 0.5) is 0 Å². The molecule has 7 atom stereocenters. The molecular formula is C27H43NO2S. The molecule has 1 heterocycles. The predicted molar refractivity (Wildman–Crippen MR) is 130 cm³/mol. The number of carbonyl (C=O) groups is 2. The van der Waals surface area contributed by atoms with E-state index in [0.717, 1.165) is 44.9 Å². The molecule has 4 rings (SSSR count). The van der Waals surface area contributed by atoms with Gasteiger partial charge >= 0.3 is 0 Å². The first-order chi connectivity index (χ1) is 14.7. The zero-order valence-electron chi connectivity index (χ0n) is 20.3. The Bertz CT molecular complexity index is 744. The van der Waals surface area contributed by atoms with E-state index >= 15 is 0 Å². The molecule has 0 spiro atoms. The molecule has 4 heteroatoms. The lowest BCUT2D eigenvalue weighted by molar-refractivity contribution is -0.127. The summed E-state index contributed by atoms with van der Waals surface area (Å²) in [5.74, 6) is 2.51. The molecule has 4 aliphatic rings. The lowest BCUT2D eigenvalue weighted by Gasteiger charge is -2.57. The average Bonchev–Trinajstić information content (AvgIpc) is 3.12. The quantitative estimate of drug-likeness (QED) is 0.506. The van der Waals surface area contributed by atoms with Gasteiger partial charge < -0.3 is 5.32 Å². The molecule has 0 bridgehead atoms. The smallest absolute Gasteiger partial charge is 0.223 e. The van der Waals surface area contributed by atoms with Crippen molar-refractivity contribution in [3.05, 3.63) is 12.2 Å². The van der Waals surface area contributed by atoms with Crippen molar-refractivity contribution in [1.82, 2.24) is 5.32 Å². The van der Waals surface area contributed by atoms with Crippen LogP contribution in [0.5, 0.6) is 0 Å². The summed E-state index contributed by atoms with van der Waals surface area (Å²) in [6.07, 6.45) is 15.3. The molecule has 1 amide bonds. The first-order valence-corrected chi connectivity index (χ1v) is 13.8. The minimum absolute atomic E-state index is 0.0226. The van der Waals surface area contributed by atoms with Crippen molar-refractivity contribution < 1.29 is 9.59 Å². The van der Waals surface area contributed by atoms with Gasteiger partial charge in [0, 0.05) is 22.1 Å². The Morgan fingerprint density at radius 3 is 2.58 bits per heavy atom. The van der Waals surface area contributed by atoms with E-state index in [2.05, 4.69) is 46.0 Å². The van der Waals surface area contributed by atoms with Crippen LogP contribution in [-0.2, 0) is 9.59 Å². The van der Waals surface area contributed by atoms with Crippen molar-refractivity contribution in [2.24, 2.45) is 34.5 Å². The Balaban J connectivity index is 1.51. The minimum atomic E-state index is -0.0226. The van der Waals surface area contributed by atoms with E-state index in [1.807, 2.05) is 6.08 Å². The Hall–Kier alpha value is -0.770. The summed E-state index contributed by atoms with van der Waals surface area (Å²) in [5, 5.41) is 4.22. The zero-order chi connectivity index (χ0) is 22.4. The largest absolute Gasteiger partial charge is 0.350 e. The summed E-state index contributed by atoms with van der Waals surface area (Å²) in [6.45, 7) is 11.6. The maximum atomic E-state index is 13.5. The highest BCUT2D eigenvalue weighted by Gasteiger charge is 2.59. The molecule has 3 nitrogen and oxygen atoms in total. The summed E-state index contributed by atoms with van der Waals surface area (Å²) in [5.41, 5.74) is 0.425. The molecule has 0 radical (unpaired) electrons. The van der Waals surface area contributed by atoms with E-state index in [1.54, 1.807) is 11.8 Å². The summed E-state index contributed by atoms with van der Waals surface area (Å²) in [4.78, 5) is 25.5. The zero-order valence-corrected chi connectivity index (χ0v) is 21.2. The normalized spacial score (nSPS) is 42.0. The fourth-order valence-electron chi connectivity index (χ4n) is 8.14. The van der Waals surface area contributed by atoms with Crippen molar-refractivity contribution in [2.45, 2.75) is 110 Å². The van der Waals surface area contributed by atoms with Gasteiger partial charge in [-0.15, -0.1) is 0 Å². The monoisotopic (exact) mass is 445 g/mol. The molecule has 3 aliphatic carbocycles. The highest BCUT2D eigenvalue weighted by atomic mass is 32.2. The number of hydrogen-bond donors (Lipinski definition) is 1. The number of allylic oxidation sites excluding steroid dienone is 1. The van der Waals surface area contributed by atoms with E-state index in [-0.39, 0.29) is 22.0 Å². The van der Waals surface area contributed by atoms with Crippen molar-refractivity contribution in [3.8, 4) is 0 Å². The van der Waals surface area contributed by atoms with Crippen molar-refractivity contribution in [2.75, 3.05) is 0 Å². The number of nitrogens with one attached hydrogen (secondary N) is 1. The van der Waals surface area contributed by atoms with Crippen molar-refractivity contribution in [1.29, 1.82) is 0 Å². The van der Waals surface area contributed by atoms with Gasteiger partial charge in [-0.25, -0.2) is 0 Å². The van der Waals surface area contributed by atoms with Gasteiger partial charge in [0.05, 0.1) is 0 Å². The number of thioether (sulfide) groups is 1. The molecule has 3 saturated carbocycles. The Morgan fingerprint density at radius 1 is 1.16 bits per heavy atom. The van der Waals surface area contributed by atoms with Crippen LogP contribution in [0, 0.1) is 34.5 Å². The average molecular weight is 446 g/mol. The fraction of sp³-hybridized carbons (Fsp3) is 0.852. The molecule has 0 aromatic heterocycles. The highest BCUT2D eigenvalue weighted by molar-refractivity contribution is 8.14. The highest BCUT2D eigenvalue weighted by Crippen LogP contribution is 2.65. The van der Waals surface area contributed by atoms with Crippen LogP contribution in [-0.4, -0.2) is 21.8 Å². The second kappa shape index (κ2) is 8.54. The second-order valence-corrected chi connectivity index (χ2v) is 12.8. The summed E-state index contributed by atoms with van der Waals surface area (Å²) in [6, 6.07) is 0. The standard InChI is InChI=1S/C27H43NO2S/c1-6-13-27(7-2,8-3)28-24(30)18-16-21-19-9-10-22-26(5,15-12-23(29)31-22)20(19)11-14-25(21,4)17-18/h12,15,18-22H,6-11,13-14,16-17H2,1-5H3,(H,28,30)/t18-,19+,20-,21-,22+,25+,26+/m0/s1. The summed E-state index contributed by atoms with van der Waals surface area (Å²) < 4.78 is 0. The number of rotatable bonds is 6. The van der Waals surface area contributed by atoms with Crippen LogP contribution in [0.3, 0.4) is 0 Å². The van der Waals surface area contributed by atoms with Crippen LogP contribution in [0.25, 0.3) is 0 Å². The van der Waals surface area contributed by atoms with Crippen molar-refractivity contribution in [3.63, 3.8) is 0 Å². The number of carbonyl (C=O) groups excluding carboxylic acids is 2. The second-order valence-electron chi connectivity index (χ2n) is 11.6. The third-order valence-corrected chi connectivity index (χ3v) is 11.5. The van der Waals surface area contributed by atoms with E-state index in [0.29, 0.717) is 34.3 Å². The van der Waals surface area contributed by atoms with E-state index < -0.39 is 0 Å². The molecule has 0 unspecified atom stereocenters.